The largest absolute Gasteiger partial charge is 0.573 e. The number of rotatable bonds is 15. The molecule has 0 bridgehead atoms. The molecule has 4 aromatic heterocycles. The SMILES string of the molecule is CC1(C)C[C@H](Nc2nc(NCCc3c[nH]c4ccc(Cl)cc34)ncc2C#N)CC[C@@H]1On1cc(CCNc2ncc(C#N)c(N[C@@H]3CC[C@H](O)C(C)(C)C3)n2)c2ccc(OC(F)(F)F)cc21. The molecular formula is C47H52ClF3N12O3. The van der Waals surface area contributed by atoms with Crippen molar-refractivity contribution in [2.24, 2.45) is 10.8 Å². The van der Waals surface area contributed by atoms with Crippen molar-refractivity contribution < 1.29 is 27.9 Å². The number of hydrogen-bond acceptors (Lipinski definition) is 13. The number of benzene rings is 2. The van der Waals surface area contributed by atoms with Crippen LogP contribution in [-0.4, -0.2) is 78.5 Å². The van der Waals surface area contributed by atoms with Crippen molar-refractivity contribution in [2.75, 3.05) is 34.4 Å². The number of nitriles is 2. The van der Waals surface area contributed by atoms with Gasteiger partial charge in [0.2, 0.25) is 11.9 Å². The number of aromatic nitrogens is 6. The minimum absolute atomic E-state index is 0.0204. The lowest BCUT2D eigenvalue weighted by molar-refractivity contribution is -0.274. The van der Waals surface area contributed by atoms with Crippen LogP contribution in [0.1, 0.15) is 88.5 Å². The van der Waals surface area contributed by atoms with Crippen LogP contribution in [0.5, 0.6) is 5.75 Å². The number of hydrogen-bond donors (Lipinski definition) is 6. The van der Waals surface area contributed by atoms with E-state index < -0.39 is 17.9 Å². The summed E-state index contributed by atoms with van der Waals surface area (Å²) in [6.07, 6.45) is 6.20. The van der Waals surface area contributed by atoms with Crippen LogP contribution in [0.4, 0.5) is 36.7 Å². The Bertz CT molecular complexity index is 2800. The smallest absolute Gasteiger partial charge is 0.410 e. The maximum atomic E-state index is 13.4. The second-order valence-electron chi connectivity index (χ2n) is 18.5. The first kappa shape index (κ1) is 46.0. The molecule has 0 unspecified atom stereocenters. The van der Waals surface area contributed by atoms with Gasteiger partial charge in [-0.3, -0.25) is 0 Å². The Kier molecular flexibility index (Phi) is 13.1. The minimum atomic E-state index is -4.88. The molecule has 2 aliphatic carbocycles. The molecule has 0 spiro atoms. The number of aliphatic hydroxyl groups is 1. The van der Waals surface area contributed by atoms with Crippen molar-refractivity contribution in [2.45, 2.75) is 110 Å². The van der Waals surface area contributed by atoms with Crippen molar-refractivity contribution in [3.8, 4) is 17.9 Å². The number of H-pyrrole nitrogens is 1. The third kappa shape index (κ3) is 10.6. The second-order valence-corrected chi connectivity index (χ2v) is 19.0. The summed E-state index contributed by atoms with van der Waals surface area (Å²) in [5.74, 6) is 1.16. The monoisotopic (exact) mass is 924 g/mol. The average molecular weight is 925 g/mol. The zero-order chi connectivity index (χ0) is 46.8. The molecule has 6 aromatic rings. The highest BCUT2D eigenvalue weighted by Gasteiger charge is 2.40. The molecule has 346 valence electrons. The molecule has 8 rings (SSSR count). The van der Waals surface area contributed by atoms with Gasteiger partial charge in [0.15, 0.2) is 0 Å². The highest BCUT2D eigenvalue weighted by Crippen LogP contribution is 2.40. The van der Waals surface area contributed by atoms with E-state index in [1.807, 2.05) is 38.2 Å². The molecule has 19 heteroatoms. The molecule has 2 aliphatic rings. The fourth-order valence-electron chi connectivity index (χ4n) is 9.22. The zero-order valence-corrected chi connectivity index (χ0v) is 37.8. The quantitative estimate of drug-likeness (QED) is 0.0569. The summed E-state index contributed by atoms with van der Waals surface area (Å²) in [7, 11) is 0. The fourth-order valence-corrected chi connectivity index (χ4v) is 9.40. The Hall–Kier alpha value is -6.50. The van der Waals surface area contributed by atoms with Gasteiger partial charge in [0.25, 0.3) is 0 Å². The second kappa shape index (κ2) is 18.8. The van der Waals surface area contributed by atoms with Crippen molar-refractivity contribution in [1.82, 2.24) is 29.7 Å². The molecular weight excluding hydrogens is 873 g/mol. The normalized spacial score (nSPS) is 20.3. The summed E-state index contributed by atoms with van der Waals surface area (Å²) in [5.41, 5.74) is 3.23. The van der Waals surface area contributed by atoms with E-state index in [9.17, 15) is 28.8 Å². The van der Waals surface area contributed by atoms with Crippen LogP contribution in [0.3, 0.4) is 0 Å². The van der Waals surface area contributed by atoms with Gasteiger partial charge >= 0.3 is 6.36 Å². The molecule has 0 aliphatic heterocycles. The van der Waals surface area contributed by atoms with Crippen LogP contribution in [0.2, 0.25) is 5.02 Å². The van der Waals surface area contributed by atoms with Gasteiger partial charge in [0.05, 0.1) is 24.0 Å². The van der Waals surface area contributed by atoms with Crippen molar-refractivity contribution in [3.05, 3.63) is 88.5 Å². The molecule has 2 aromatic carbocycles. The molecule has 2 saturated carbocycles. The summed E-state index contributed by atoms with van der Waals surface area (Å²) < 4.78 is 46.0. The number of alkyl halides is 3. The van der Waals surface area contributed by atoms with Gasteiger partial charge in [-0.15, -0.1) is 13.2 Å². The summed E-state index contributed by atoms with van der Waals surface area (Å²) in [6.45, 7) is 9.11. The van der Waals surface area contributed by atoms with Gasteiger partial charge in [-0.05, 0) is 98.2 Å². The summed E-state index contributed by atoms with van der Waals surface area (Å²) in [5, 5.41) is 45.9. The highest BCUT2D eigenvalue weighted by molar-refractivity contribution is 6.31. The topological polar surface area (TPSA) is 207 Å². The van der Waals surface area contributed by atoms with E-state index in [0.29, 0.717) is 109 Å². The third-order valence-corrected chi connectivity index (χ3v) is 13.0. The molecule has 66 heavy (non-hydrogen) atoms. The Labute approximate surface area is 385 Å². The first-order valence-corrected chi connectivity index (χ1v) is 22.4. The van der Waals surface area contributed by atoms with Crippen LogP contribution in [-0.2, 0) is 12.8 Å². The number of nitrogens with one attached hydrogen (secondary N) is 5. The fraction of sp³-hybridized carbons (Fsp3) is 0.447. The van der Waals surface area contributed by atoms with Crippen LogP contribution >= 0.6 is 11.6 Å². The Morgan fingerprint density at radius 3 is 2.06 bits per heavy atom. The molecule has 0 radical (unpaired) electrons. The number of ether oxygens (including phenoxy) is 1. The van der Waals surface area contributed by atoms with E-state index in [1.165, 1.54) is 29.3 Å². The molecule has 15 nitrogen and oxygen atoms in total. The van der Waals surface area contributed by atoms with Crippen LogP contribution < -0.4 is 30.8 Å². The first-order chi connectivity index (χ1) is 31.5. The number of aliphatic hydroxyl groups excluding tert-OH is 1. The maximum absolute atomic E-state index is 13.4. The van der Waals surface area contributed by atoms with Gasteiger partial charge in [-0.25, -0.2) is 9.97 Å². The predicted octanol–water partition coefficient (Wildman–Crippen LogP) is 9.15. The van der Waals surface area contributed by atoms with E-state index in [1.54, 1.807) is 12.3 Å². The standard InChI is InChI=1S/C47H52ClF3N12O3/c1-45(2)19-32(6-11-39(45)64)59-41-29(21-52)24-58-44(61-41)55-16-14-28-26-63(38-18-34(8-9-35(28)38)65-47(49,50)51)66-40-12-7-33(20-46(40,3)4)60-42-30(22-53)25-57-43(62-42)54-15-13-27-23-56-37-10-5-31(48)17-36(27)37/h5,8-10,17-18,23-26,32-33,39-40,56,64H,6-7,11-16,19-20H2,1-4H3,(H2,54,57,60,62)(H2,55,58,59,61)/t32-,33-,39+,40+/m1/s1. The third-order valence-electron chi connectivity index (χ3n) is 12.8. The summed E-state index contributed by atoms with van der Waals surface area (Å²) in [6, 6.07) is 14.2. The van der Waals surface area contributed by atoms with Crippen LogP contribution in [0.25, 0.3) is 21.8 Å². The molecule has 0 amide bonds. The number of aromatic amines is 1. The summed E-state index contributed by atoms with van der Waals surface area (Å²) >= 11 is 6.23. The molecule has 2 fully saturated rings. The number of anilines is 4. The predicted molar refractivity (Wildman–Crippen MR) is 246 cm³/mol. The minimum Gasteiger partial charge on any atom is -0.410 e. The van der Waals surface area contributed by atoms with Crippen LogP contribution in [0, 0.1) is 33.5 Å². The lowest BCUT2D eigenvalue weighted by Crippen LogP contribution is -2.46. The van der Waals surface area contributed by atoms with E-state index in [4.69, 9.17) is 16.4 Å². The van der Waals surface area contributed by atoms with Crippen molar-refractivity contribution in [3.63, 3.8) is 0 Å². The van der Waals surface area contributed by atoms with E-state index in [0.717, 1.165) is 28.5 Å². The average Bonchev–Trinajstić information content (AvgIpc) is 3.82. The molecule has 6 N–H and O–H groups in total. The lowest BCUT2D eigenvalue weighted by Gasteiger charge is -2.42. The van der Waals surface area contributed by atoms with E-state index in [2.05, 4.69) is 76.9 Å². The Balaban J connectivity index is 0.931. The Morgan fingerprint density at radius 2 is 1.45 bits per heavy atom. The molecule has 4 heterocycles. The zero-order valence-electron chi connectivity index (χ0n) is 37.1. The van der Waals surface area contributed by atoms with Gasteiger partial charge in [0.1, 0.15) is 46.8 Å². The van der Waals surface area contributed by atoms with Crippen molar-refractivity contribution in [1.29, 1.82) is 10.5 Å². The lowest BCUT2D eigenvalue weighted by atomic mass is 9.72. The first-order valence-electron chi connectivity index (χ1n) is 22.0. The summed E-state index contributed by atoms with van der Waals surface area (Å²) in [4.78, 5) is 27.9. The maximum Gasteiger partial charge on any atom is 0.573 e. The number of nitrogens with zero attached hydrogens (tertiary/aromatic N) is 7. The van der Waals surface area contributed by atoms with Crippen molar-refractivity contribution >= 4 is 56.9 Å². The molecule has 0 saturated heterocycles. The Morgan fingerprint density at radius 1 is 0.833 bits per heavy atom. The van der Waals surface area contributed by atoms with Gasteiger partial charge in [-0.2, -0.15) is 25.2 Å². The van der Waals surface area contributed by atoms with Gasteiger partial charge in [-0.1, -0.05) is 39.3 Å². The number of halogens is 4. The highest BCUT2D eigenvalue weighted by atomic mass is 35.5. The van der Waals surface area contributed by atoms with Crippen LogP contribution in [0.15, 0.2) is 61.2 Å². The molecule has 4 atom stereocenters. The van der Waals surface area contributed by atoms with E-state index >= 15 is 0 Å². The van der Waals surface area contributed by atoms with Gasteiger partial charge in [0, 0.05) is 70.4 Å². The van der Waals surface area contributed by atoms with E-state index in [-0.39, 0.29) is 29.4 Å². The van der Waals surface area contributed by atoms with Gasteiger partial charge < -0.3 is 40.9 Å². The number of fused-ring (bicyclic) bond motifs is 2.